The van der Waals surface area contributed by atoms with E-state index in [0.717, 1.165) is 19.4 Å². The number of hydrogen-bond donors (Lipinski definition) is 2. The maximum atomic E-state index is 12.4. The van der Waals surface area contributed by atoms with Crippen molar-refractivity contribution in [3.05, 3.63) is 29.6 Å². The summed E-state index contributed by atoms with van der Waals surface area (Å²) >= 11 is 0. The Morgan fingerprint density at radius 1 is 1.62 bits per heavy atom. The minimum Gasteiger partial charge on any atom is -0.409 e. The molecule has 0 spiro atoms. The molecule has 1 atom stereocenters. The van der Waals surface area contributed by atoms with Gasteiger partial charge in [0, 0.05) is 31.5 Å². The van der Waals surface area contributed by atoms with E-state index in [0.29, 0.717) is 24.3 Å². The number of nitrogens with zero attached hydrogens (tertiary/aromatic N) is 3. The van der Waals surface area contributed by atoms with E-state index in [-0.39, 0.29) is 17.8 Å². The van der Waals surface area contributed by atoms with Crippen molar-refractivity contribution >= 4 is 11.7 Å². The number of amides is 1. The SMILES string of the molecule is CCN(CC1CCCO1)C(=O)c1ccc(C(N)=NO)cn1. The average Bonchev–Trinajstić information content (AvgIpc) is 3.04. The van der Waals surface area contributed by atoms with Crippen LogP contribution in [-0.2, 0) is 4.74 Å². The molecule has 1 aromatic rings. The predicted octanol–water partition coefficient (Wildman–Crippen LogP) is 0.817. The molecule has 0 bridgehead atoms. The summed E-state index contributed by atoms with van der Waals surface area (Å²) in [5, 5.41) is 11.5. The van der Waals surface area contributed by atoms with Crippen molar-refractivity contribution in [3.63, 3.8) is 0 Å². The van der Waals surface area contributed by atoms with Gasteiger partial charge in [-0.1, -0.05) is 5.16 Å². The summed E-state index contributed by atoms with van der Waals surface area (Å²) in [5.41, 5.74) is 6.27. The number of aromatic nitrogens is 1. The number of likely N-dealkylation sites (N-methyl/N-ethyl adjacent to an activating group) is 1. The molecule has 0 aliphatic carbocycles. The summed E-state index contributed by atoms with van der Waals surface area (Å²) in [6, 6.07) is 3.18. The third-order valence-electron chi connectivity index (χ3n) is 3.50. The van der Waals surface area contributed by atoms with Gasteiger partial charge in [-0.3, -0.25) is 9.78 Å². The lowest BCUT2D eigenvalue weighted by atomic mass is 10.2. The van der Waals surface area contributed by atoms with Gasteiger partial charge < -0.3 is 20.6 Å². The van der Waals surface area contributed by atoms with E-state index in [1.807, 2.05) is 6.92 Å². The van der Waals surface area contributed by atoms with Crippen molar-refractivity contribution in [2.24, 2.45) is 10.9 Å². The highest BCUT2D eigenvalue weighted by Gasteiger charge is 2.23. The number of pyridine rings is 1. The van der Waals surface area contributed by atoms with Crippen LogP contribution in [0.5, 0.6) is 0 Å². The molecule has 1 aliphatic heterocycles. The Labute approximate surface area is 123 Å². The second-order valence-corrected chi connectivity index (χ2v) is 4.90. The molecule has 1 aliphatic rings. The van der Waals surface area contributed by atoms with Gasteiger partial charge >= 0.3 is 0 Å². The van der Waals surface area contributed by atoms with Crippen molar-refractivity contribution in [2.45, 2.75) is 25.9 Å². The highest BCUT2D eigenvalue weighted by molar-refractivity contribution is 5.98. The molecule has 1 aromatic heterocycles. The van der Waals surface area contributed by atoms with Crippen molar-refractivity contribution < 1.29 is 14.7 Å². The average molecular weight is 292 g/mol. The zero-order chi connectivity index (χ0) is 15.2. The van der Waals surface area contributed by atoms with Crippen LogP contribution in [0.25, 0.3) is 0 Å². The monoisotopic (exact) mass is 292 g/mol. The van der Waals surface area contributed by atoms with Crippen LogP contribution >= 0.6 is 0 Å². The van der Waals surface area contributed by atoms with Crippen LogP contribution in [-0.4, -0.2) is 52.6 Å². The molecular weight excluding hydrogens is 272 g/mol. The molecule has 1 unspecified atom stereocenters. The Morgan fingerprint density at radius 2 is 2.43 bits per heavy atom. The molecule has 0 saturated carbocycles. The quantitative estimate of drug-likeness (QED) is 0.362. The lowest BCUT2D eigenvalue weighted by Crippen LogP contribution is -2.37. The lowest BCUT2D eigenvalue weighted by Gasteiger charge is -2.23. The maximum Gasteiger partial charge on any atom is 0.272 e. The van der Waals surface area contributed by atoms with Gasteiger partial charge in [-0.05, 0) is 31.9 Å². The van der Waals surface area contributed by atoms with E-state index in [4.69, 9.17) is 15.7 Å². The molecule has 0 radical (unpaired) electrons. The van der Waals surface area contributed by atoms with Crippen LogP contribution in [0, 0.1) is 0 Å². The summed E-state index contributed by atoms with van der Waals surface area (Å²) in [7, 11) is 0. The summed E-state index contributed by atoms with van der Waals surface area (Å²) < 4.78 is 5.56. The van der Waals surface area contributed by atoms with E-state index >= 15 is 0 Å². The summed E-state index contributed by atoms with van der Waals surface area (Å²) in [6.07, 6.45) is 3.57. The smallest absolute Gasteiger partial charge is 0.272 e. The number of oxime groups is 1. The van der Waals surface area contributed by atoms with Gasteiger partial charge in [-0.2, -0.15) is 0 Å². The molecule has 21 heavy (non-hydrogen) atoms. The molecular formula is C14H20N4O3. The van der Waals surface area contributed by atoms with Crippen LogP contribution in [0.1, 0.15) is 35.8 Å². The van der Waals surface area contributed by atoms with E-state index in [1.54, 1.807) is 17.0 Å². The van der Waals surface area contributed by atoms with Gasteiger partial charge in [0.15, 0.2) is 5.84 Å². The predicted molar refractivity (Wildman–Crippen MR) is 77.3 cm³/mol. The summed E-state index contributed by atoms with van der Waals surface area (Å²) in [4.78, 5) is 18.2. The van der Waals surface area contributed by atoms with E-state index in [2.05, 4.69) is 10.1 Å². The van der Waals surface area contributed by atoms with Crippen LogP contribution in [0.3, 0.4) is 0 Å². The van der Waals surface area contributed by atoms with Crippen LogP contribution < -0.4 is 5.73 Å². The maximum absolute atomic E-state index is 12.4. The van der Waals surface area contributed by atoms with Crippen molar-refractivity contribution in [1.29, 1.82) is 0 Å². The normalized spacial score (nSPS) is 18.7. The topological polar surface area (TPSA) is 101 Å². The van der Waals surface area contributed by atoms with Crippen LogP contribution in [0.15, 0.2) is 23.5 Å². The fourth-order valence-corrected chi connectivity index (χ4v) is 2.28. The van der Waals surface area contributed by atoms with Gasteiger partial charge in [0.2, 0.25) is 0 Å². The zero-order valence-corrected chi connectivity index (χ0v) is 12.0. The Balaban J connectivity index is 2.06. The first-order valence-electron chi connectivity index (χ1n) is 7.00. The third kappa shape index (κ3) is 3.69. The van der Waals surface area contributed by atoms with Crippen LogP contribution in [0.4, 0.5) is 0 Å². The number of nitrogens with two attached hydrogens (primary N) is 1. The molecule has 1 amide bonds. The highest BCUT2D eigenvalue weighted by Crippen LogP contribution is 2.14. The summed E-state index contributed by atoms with van der Waals surface area (Å²) in [6.45, 7) is 3.88. The number of ether oxygens (including phenoxy) is 1. The number of hydrogen-bond acceptors (Lipinski definition) is 5. The number of carbonyl (C=O) groups is 1. The molecule has 114 valence electrons. The first-order valence-corrected chi connectivity index (χ1v) is 7.00. The van der Waals surface area contributed by atoms with E-state index < -0.39 is 0 Å². The van der Waals surface area contributed by atoms with Gasteiger partial charge in [0.1, 0.15) is 5.69 Å². The molecule has 2 heterocycles. The van der Waals surface area contributed by atoms with Crippen LogP contribution in [0.2, 0.25) is 0 Å². The Hall–Kier alpha value is -2.15. The van der Waals surface area contributed by atoms with Gasteiger partial charge in [0.25, 0.3) is 5.91 Å². The molecule has 7 nitrogen and oxygen atoms in total. The van der Waals surface area contributed by atoms with Gasteiger partial charge in [-0.25, -0.2) is 0 Å². The Morgan fingerprint density at radius 3 is 2.95 bits per heavy atom. The molecule has 1 saturated heterocycles. The second-order valence-electron chi connectivity index (χ2n) is 4.90. The standard InChI is InChI=1S/C14H20N4O3/c1-2-18(9-11-4-3-7-21-11)14(19)12-6-5-10(8-16-12)13(15)17-20/h5-6,8,11,20H,2-4,7,9H2,1H3,(H2,15,17). The molecule has 1 fully saturated rings. The first kappa shape index (κ1) is 15.2. The fraction of sp³-hybridized carbons (Fsp3) is 0.500. The van der Waals surface area contributed by atoms with Crippen molar-refractivity contribution in [3.8, 4) is 0 Å². The van der Waals surface area contributed by atoms with Gasteiger partial charge in [-0.15, -0.1) is 0 Å². The van der Waals surface area contributed by atoms with E-state index in [9.17, 15) is 4.79 Å². The number of amidine groups is 1. The molecule has 3 N–H and O–H groups in total. The third-order valence-corrected chi connectivity index (χ3v) is 3.50. The van der Waals surface area contributed by atoms with Crippen molar-refractivity contribution in [1.82, 2.24) is 9.88 Å². The minimum atomic E-state index is -0.140. The highest BCUT2D eigenvalue weighted by atomic mass is 16.5. The van der Waals surface area contributed by atoms with Crippen molar-refractivity contribution in [2.75, 3.05) is 19.7 Å². The number of carbonyl (C=O) groups excluding carboxylic acids is 1. The second kappa shape index (κ2) is 7.03. The first-order chi connectivity index (χ1) is 10.2. The minimum absolute atomic E-state index is 0.0341. The lowest BCUT2D eigenvalue weighted by molar-refractivity contribution is 0.0535. The zero-order valence-electron chi connectivity index (χ0n) is 12.0. The summed E-state index contributed by atoms with van der Waals surface area (Å²) in [5.74, 6) is -0.174. The largest absolute Gasteiger partial charge is 0.409 e. The Kier molecular flexibility index (Phi) is 5.10. The molecule has 7 heteroatoms. The fourth-order valence-electron chi connectivity index (χ4n) is 2.28. The Bertz CT molecular complexity index is 509. The van der Waals surface area contributed by atoms with E-state index in [1.165, 1.54) is 6.20 Å². The number of rotatable bonds is 5. The van der Waals surface area contributed by atoms with Gasteiger partial charge in [0.05, 0.1) is 6.10 Å². The molecule has 2 rings (SSSR count). The molecule has 0 aromatic carbocycles.